The van der Waals surface area contributed by atoms with Gasteiger partial charge in [0.1, 0.15) is 5.75 Å². The van der Waals surface area contributed by atoms with Crippen LogP contribution in [0.2, 0.25) is 0 Å². The Kier molecular flexibility index (Phi) is 5.80. The summed E-state index contributed by atoms with van der Waals surface area (Å²) in [7, 11) is 1.67. The average Bonchev–Trinajstić information content (AvgIpc) is 2.27. The van der Waals surface area contributed by atoms with Crippen LogP contribution in [0.5, 0.6) is 5.75 Å². The molecule has 1 unspecified atom stereocenters. The van der Waals surface area contributed by atoms with E-state index in [1.807, 2.05) is 6.07 Å². The minimum atomic E-state index is 0.450. The Balaban J connectivity index is 2.51. The van der Waals surface area contributed by atoms with Gasteiger partial charge in [-0.15, -0.1) is 0 Å². The zero-order valence-electron chi connectivity index (χ0n) is 9.79. The summed E-state index contributed by atoms with van der Waals surface area (Å²) in [5, 5.41) is 3.42. The number of methoxy groups -OCH3 is 1. The Morgan fingerprint density at radius 1 is 1.50 bits per heavy atom. The lowest BCUT2D eigenvalue weighted by molar-refractivity contribution is 0.412. The first-order chi connectivity index (χ1) is 7.67. The van der Waals surface area contributed by atoms with Gasteiger partial charge in [-0.1, -0.05) is 6.07 Å². The van der Waals surface area contributed by atoms with Gasteiger partial charge < -0.3 is 15.8 Å². The second kappa shape index (κ2) is 6.89. The molecule has 1 aromatic rings. The summed E-state index contributed by atoms with van der Waals surface area (Å²) in [4.78, 5) is 0. The maximum absolute atomic E-state index is 5.50. The summed E-state index contributed by atoms with van der Waals surface area (Å²) in [6, 6.07) is 6.55. The van der Waals surface area contributed by atoms with Crippen molar-refractivity contribution in [2.75, 3.05) is 13.7 Å². The van der Waals surface area contributed by atoms with Crippen LogP contribution in [0.1, 0.15) is 18.9 Å². The summed E-state index contributed by atoms with van der Waals surface area (Å²) < 4.78 is 6.17. The number of nitrogens with two attached hydrogens (primary N) is 1. The minimum absolute atomic E-state index is 0.450. The molecule has 0 bridgehead atoms. The van der Waals surface area contributed by atoms with Gasteiger partial charge in [0.05, 0.1) is 11.6 Å². The molecule has 1 aromatic carbocycles. The van der Waals surface area contributed by atoms with Gasteiger partial charge in [-0.3, -0.25) is 0 Å². The fourth-order valence-corrected chi connectivity index (χ4v) is 2.05. The van der Waals surface area contributed by atoms with Gasteiger partial charge in [0.25, 0.3) is 0 Å². The minimum Gasteiger partial charge on any atom is -0.496 e. The van der Waals surface area contributed by atoms with E-state index in [4.69, 9.17) is 10.5 Å². The molecule has 0 heterocycles. The van der Waals surface area contributed by atoms with Crippen molar-refractivity contribution in [3.8, 4) is 5.75 Å². The predicted octanol–water partition coefficient (Wildman–Crippen LogP) is 2.28. The molecule has 0 aliphatic carbocycles. The molecule has 16 heavy (non-hydrogen) atoms. The Hall–Kier alpha value is -0.580. The van der Waals surface area contributed by atoms with E-state index < -0.39 is 0 Å². The van der Waals surface area contributed by atoms with Crippen LogP contribution in [0.15, 0.2) is 22.7 Å². The van der Waals surface area contributed by atoms with Crippen LogP contribution < -0.4 is 15.8 Å². The lowest BCUT2D eigenvalue weighted by Crippen LogP contribution is -2.27. The SMILES string of the molecule is COc1ccc(CNC(C)CCN)cc1Br. The van der Waals surface area contributed by atoms with E-state index in [1.54, 1.807) is 7.11 Å². The number of ether oxygens (including phenoxy) is 1. The molecular formula is C12H19BrN2O. The van der Waals surface area contributed by atoms with Crippen molar-refractivity contribution in [1.82, 2.24) is 5.32 Å². The highest BCUT2D eigenvalue weighted by Gasteiger charge is 2.03. The molecule has 3 N–H and O–H groups in total. The average molecular weight is 287 g/mol. The molecule has 0 radical (unpaired) electrons. The van der Waals surface area contributed by atoms with Gasteiger partial charge in [-0.2, -0.15) is 0 Å². The molecule has 0 aromatic heterocycles. The number of halogens is 1. The molecule has 90 valence electrons. The molecule has 3 nitrogen and oxygen atoms in total. The fourth-order valence-electron chi connectivity index (χ4n) is 1.46. The van der Waals surface area contributed by atoms with E-state index in [-0.39, 0.29) is 0 Å². The number of rotatable bonds is 6. The number of nitrogens with one attached hydrogen (secondary N) is 1. The van der Waals surface area contributed by atoms with Gasteiger partial charge in [0, 0.05) is 12.6 Å². The van der Waals surface area contributed by atoms with Crippen molar-refractivity contribution in [1.29, 1.82) is 0 Å². The molecular weight excluding hydrogens is 268 g/mol. The highest BCUT2D eigenvalue weighted by Crippen LogP contribution is 2.25. The van der Waals surface area contributed by atoms with Crippen LogP contribution in [-0.4, -0.2) is 19.7 Å². The van der Waals surface area contributed by atoms with Crippen LogP contribution in [0.4, 0.5) is 0 Å². The molecule has 0 aliphatic rings. The summed E-state index contributed by atoms with van der Waals surface area (Å²) in [6.45, 7) is 3.72. The third-order valence-electron chi connectivity index (χ3n) is 2.47. The molecule has 0 saturated heterocycles. The van der Waals surface area contributed by atoms with Crippen molar-refractivity contribution >= 4 is 15.9 Å². The van der Waals surface area contributed by atoms with Crippen LogP contribution >= 0.6 is 15.9 Å². The van der Waals surface area contributed by atoms with Gasteiger partial charge in [-0.25, -0.2) is 0 Å². The third-order valence-corrected chi connectivity index (χ3v) is 3.09. The van der Waals surface area contributed by atoms with Gasteiger partial charge in [0.15, 0.2) is 0 Å². The maximum Gasteiger partial charge on any atom is 0.133 e. The molecule has 0 saturated carbocycles. The van der Waals surface area contributed by atoms with E-state index in [0.717, 1.165) is 29.7 Å². The molecule has 0 fully saturated rings. The maximum atomic E-state index is 5.50. The topological polar surface area (TPSA) is 47.3 Å². The Bertz CT molecular complexity index is 331. The summed E-state index contributed by atoms with van der Waals surface area (Å²) in [6.07, 6.45) is 0.997. The van der Waals surface area contributed by atoms with Crippen molar-refractivity contribution < 1.29 is 4.74 Å². The lowest BCUT2D eigenvalue weighted by Gasteiger charge is -2.13. The normalized spacial score (nSPS) is 12.5. The lowest BCUT2D eigenvalue weighted by atomic mass is 10.2. The predicted molar refractivity (Wildman–Crippen MR) is 70.7 cm³/mol. The second-order valence-electron chi connectivity index (χ2n) is 3.83. The standard InChI is InChI=1S/C12H19BrN2O/c1-9(5-6-14)15-8-10-3-4-12(16-2)11(13)7-10/h3-4,7,9,15H,5-6,8,14H2,1-2H3. The van der Waals surface area contributed by atoms with Crippen LogP contribution in [-0.2, 0) is 6.54 Å². The Morgan fingerprint density at radius 3 is 2.81 bits per heavy atom. The van der Waals surface area contributed by atoms with E-state index in [2.05, 4.69) is 40.3 Å². The number of benzene rings is 1. The first-order valence-corrected chi connectivity index (χ1v) is 6.22. The van der Waals surface area contributed by atoms with Gasteiger partial charge >= 0.3 is 0 Å². The Morgan fingerprint density at radius 2 is 2.25 bits per heavy atom. The van der Waals surface area contributed by atoms with Gasteiger partial charge in [0.2, 0.25) is 0 Å². The van der Waals surface area contributed by atoms with E-state index in [9.17, 15) is 0 Å². The van der Waals surface area contributed by atoms with Crippen molar-refractivity contribution in [2.45, 2.75) is 25.9 Å². The van der Waals surface area contributed by atoms with Gasteiger partial charge in [-0.05, 0) is 53.5 Å². The van der Waals surface area contributed by atoms with Crippen LogP contribution in [0, 0.1) is 0 Å². The summed E-state index contributed by atoms with van der Waals surface area (Å²) in [5.41, 5.74) is 6.73. The van der Waals surface area contributed by atoms with E-state index in [0.29, 0.717) is 6.04 Å². The molecule has 0 spiro atoms. The zero-order valence-corrected chi connectivity index (χ0v) is 11.4. The first kappa shape index (κ1) is 13.5. The monoisotopic (exact) mass is 286 g/mol. The number of hydrogen-bond donors (Lipinski definition) is 2. The first-order valence-electron chi connectivity index (χ1n) is 5.43. The summed E-state index contributed by atoms with van der Waals surface area (Å²) in [5.74, 6) is 0.860. The van der Waals surface area contributed by atoms with Crippen molar-refractivity contribution in [3.63, 3.8) is 0 Å². The highest BCUT2D eigenvalue weighted by atomic mass is 79.9. The summed E-state index contributed by atoms with van der Waals surface area (Å²) >= 11 is 3.47. The fraction of sp³-hybridized carbons (Fsp3) is 0.500. The van der Waals surface area contributed by atoms with E-state index in [1.165, 1.54) is 5.56 Å². The van der Waals surface area contributed by atoms with Crippen LogP contribution in [0.3, 0.4) is 0 Å². The third kappa shape index (κ3) is 4.12. The molecule has 1 rings (SSSR count). The smallest absolute Gasteiger partial charge is 0.133 e. The molecule has 0 aliphatic heterocycles. The Labute approximate surface area is 105 Å². The molecule has 0 amide bonds. The van der Waals surface area contributed by atoms with Crippen molar-refractivity contribution in [3.05, 3.63) is 28.2 Å². The van der Waals surface area contributed by atoms with E-state index >= 15 is 0 Å². The second-order valence-corrected chi connectivity index (χ2v) is 4.68. The largest absolute Gasteiger partial charge is 0.496 e. The molecule has 1 atom stereocenters. The highest BCUT2D eigenvalue weighted by molar-refractivity contribution is 9.10. The van der Waals surface area contributed by atoms with Crippen LogP contribution in [0.25, 0.3) is 0 Å². The quantitative estimate of drug-likeness (QED) is 0.844. The van der Waals surface area contributed by atoms with Crippen molar-refractivity contribution in [2.24, 2.45) is 5.73 Å². The number of hydrogen-bond acceptors (Lipinski definition) is 3. The molecule has 4 heteroatoms. The zero-order chi connectivity index (χ0) is 12.0.